The maximum absolute atomic E-state index is 14.2. The average Bonchev–Trinajstić information content (AvgIpc) is 3.46. The number of aliphatic hydroxyl groups is 1. The van der Waals surface area contributed by atoms with Gasteiger partial charge in [-0.15, -0.1) is 11.3 Å². The summed E-state index contributed by atoms with van der Waals surface area (Å²) >= 11 is 1.25. The summed E-state index contributed by atoms with van der Waals surface area (Å²) in [5.41, 5.74) is 4.53. The fourth-order valence-electron chi connectivity index (χ4n) is 5.04. The summed E-state index contributed by atoms with van der Waals surface area (Å²) in [6.07, 6.45) is 0. The van der Waals surface area contributed by atoms with Gasteiger partial charge in [0, 0.05) is 11.3 Å². The number of methoxy groups -OCH3 is 1. The number of thiazole rings is 1. The molecular formula is C32H30N2O5S. The third kappa shape index (κ3) is 4.75. The number of Topliss-reactive ketones (excluding diaryl/α,β-unsaturated/α-hetero) is 1. The summed E-state index contributed by atoms with van der Waals surface area (Å²) in [4.78, 5) is 34.4. The second kappa shape index (κ2) is 11.0. The van der Waals surface area contributed by atoms with E-state index in [-0.39, 0.29) is 5.57 Å². The molecule has 3 aromatic carbocycles. The van der Waals surface area contributed by atoms with Crippen LogP contribution in [0.2, 0.25) is 0 Å². The Kier molecular flexibility index (Phi) is 7.45. The van der Waals surface area contributed by atoms with Gasteiger partial charge in [0.1, 0.15) is 5.01 Å². The van der Waals surface area contributed by atoms with Crippen LogP contribution in [0.25, 0.3) is 10.6 Å². The summed E-state index contributed by atoms with van der Waals surface area (Å²) in [6.45, 7) is 7.91. The second-order valence-electron chi connectivity index (χ2n) is 9.60. The number of aliphatic hydroxyl groups excluding tert-OH is 1. The molecule has 2 heterocycles. The van der Waals surface area contributed by atoms with Crippen LogP contribution in [0.5, 0.6) is 11.5 Å². The van der Waals surface area contributed by atoms with Gasteiger partial charge in [0.05, 0.1) is 35.9 Å². The number of anilines is 1. The molecule has 0 bridgehead atoms. The van der Waals surface area contributed by atoms with Crippen molar-refractivity contribution < 1.29 is 24.2 Å². The van der Waals surface area contributed by atoms with E-state index >= 15 is 0 Å². The number of ether oxygens (including phenoxy) is 2. The summed E-state index contributed by atoms with van der Waals surface area (Å²) < 4.78 is 11.3. The number of hydrogen-bond donors (Lipinski definition) is 1. The molecule has 1 N–H and O–H groups in total. The van der Waals surface area contributed by atoms with Gasteiger partial charge in [-0.25, -0.2) is 4.98 Å². The van der Waals surface area contributed by atoms with Crippen molar-refractivity contribution in [2.24, 2.45) is 0 Å². The molecule has 1 aliphatic heterocycles. The SMILES string of the molecule is CCOc1cc(C2C(C(=O)c3sc(-c4ccccc4)nc3C)=C(O)C(=O)N2c2ccc(C)cc2C)ccc1OC. The average molecular weight is 555 g/mol. The lowest BCUT2D eigenvalue weighted by Gasteiger charge is -2.29. The zero-order chi connectivity index (χ0) is 28.6. The maximum Gasteiger partial charge on any atom is 0.294 e. The van der Waals surface area contributed by atoms with E-state index in [2.05, 4.69) is 4.98 Å². The Morgan fingerprint density at radius 3 is 2.45 bits per heavy atom. The third-order valence-electron chi connectivity index (χ3n) is 6.89. The van der Waals surface area contributed by atoms with Crippen molar-refractivity contribution in [3.63, 3.8) is 0 Å². The molecule has 1 aromatic heterocycles. The van der Waals surface area contributed by atoms with E-state index in [4.69, 9.17) is 9.47 Å². The molecule has 0 spiro atoms. The minimum atomic E-state index is -0.895. The van der Waals surface area contributed by atoms with E-state index in [0.29, 0.717) is 44.9 Å². The lowest BCUT2D eigenvalue weighted by molar-refractivity contribution is -0.117. The predicted molar refractivity (Wildman–Crippen MR) is 157 cm³/mol. The highest BCUT2D eigenvalue weighted by atomic mass is 32.1. The number of ketones is 1. The Hall–Kier alpha value is -4.43. The number of hydrogen-bond acceptors (Lipinski definition) is 7. The second-order valence-corrected chi connectivity index (χ2v) is 10.6. The van der Waals surface area contributed by atoms with Gasteiger partial charge in [0.15, 0.2) is 17.3 Å². The summed E-state index contributed by atoms with van der Waals surface area (Å²) in [6, 6.07) is 19.7. The largest absolute Gasteiger partial charge is 0.503 e. The Balaban J connectivity index is 1.68. The monoisotopic (exact) mass is 554 g/mol. The Labute approximate surface area is 237 Å². The van der Waals surface area contributed by atoms with Gasteiger partial charge in [-0.1, -0.05) is 54.1 Å². The smallest absolute Gasteiger partial charge is 0.294 e. The summed E-state index contributed by atoms with van der Waals surface area (Å²) in [5, 5.41) is 12.0. The fourth-order valence-corrected chi connectivity index (χ4v) is 6.07. The van der Waals surface area contributed by atoms with Gasteiger partial charge in [-0.2, -0.15) is 0 Å². The molecule has 0 saturated heterocycles. The van der Waals surface area contributed by atoms with E-state index in [1.807, 2.05) is 69.3 Å². The number of amides is 1. The Morgan fingerprint density at radius 1 is 1.02 bits per heavy atom. The van der Waals surface area contributed by atoms with Crippen LogP contribution in [0.1, 0.15) is 45.0 Å². The van der Waals surface area contributed by atoms with Crippen LogP contribution < -0.4 is 14.4 Å². The van der Waals surface area contributed by atoms with Crippen LogP contribution in [-0.2, 0) is 4.79 Å². The number of nitrogens with zero attached hydrogens (tertiary/aromatic N) is 2. The first kappa shape index (κ1) is 27.1. The Bertz CT molecular complexity index is 1640. The molecular weight excluding hydrogens is 524 g/mol. The first-order valence-corrected chi connectivity index (χ1v) is 13.8. The first-order valence-electron chi connectivity index (χ1n) is 13.0. The van der Waals surface area contributed by atoms with Crippen molar-refractivity contribution in [2.45, 2.75) is 33.7 Å². The minimum absolute atomic E-state index is 0.00366. The fraction of sp³-hybridized carbons (Fsp3) is 0.219. The van der Waals surface area contributed by atoms with Crippen molar-refractivity contribution in [3.8, 4) is 22.1 Å². The minimum Gasteiger partial charge on any atom is -0.503 e. The van der Waals surface area contributed by atoms with E-state index in [1.165, 1.54) is 16.2 Å². The molecule has 8 heteroatoms. The maximum atomic E-state index is 14.2. The molecule has 1 unspecified atom stereocenters. The van der Waals surface area contributed by atoms with E-state index in [1.54, 1.807) is 32.2 Å². The third-order valence-corrected chi connectivity index (χ3v) is 8.10. The van der Waals surface area contributed by atoms with Crippen molar-refractivity contribution in [1.82, 2.24) is 4.98 Å². The number of benzene rings is 3. The lowest BCUT2D eigenvalue weighted by Crippen LogP contribution is -2.31. The van der Waals surface area contributed by atoms with Crippen LogP contribution in [0.4, 0.5) is 5.69 Å². The molecule has 5 rings (SSSR count). The highest BCUT2D eigenvalue weighted by molar-refractivity contribution is 7.17. The standard InChI is InChI=1S/C32H30N2O5S/c1-6-39-25-17-22(13-15-24(25)38-5)27-26(29(36)32(37)34(27)23-14-12-18(2)16-19(23)3)28(35)30-20(4)33-31(40-30)21-10-8-7-9-11-21/h7-17,27,36H,6H2,1-5H3. The molecule has 1 amide bonds. The van der Waals surface area contributed by atoms with Crippen molar-refractivity contribution >= 4 is 28.7 Å². The van der Waals surface area contributed by atoms with Gasteiger partial charge < -0.3 is 14.6 Å². The number of carbonyl (C=O) groups is 2. The quantitative estimate of drug-likeness (QED) is 0.238. The van der Waals surface area contributed by atoms with E-state index in [0.717, 1.165) is 16.7 Å². The molecule has 1 aliphatic rings. The van der Waals surface area contributed by atoms with Gasteiger partial charge in [-0.3, -0.25) is 14.5 Å². The lowest BCUT2D eigenvalue weighted by atomic mass is 9.94. The van der Waals surface area contributed by atoms with Crippen molar-refractivity contribution in [1.29, 1.82) is 0 Å². The molecule has 204 valence electrons. The zero-order valence-electron chi connectivity index (χ0n) is 23.0. The Morgan fingerprint density at radius 2 is 1.77 bits per heavy atom. The van der Waals surface area contributed by atoms with E-state index in [9.17, 15) is 14.7 Å². The summed E-state index contributed by atoms with van der Waals surface area (Å²) in [7, 11) is 1.55. The number of aryl methyl sites for hydroxylation is 3. The first-order chi connectivity index (χ1) is 19.2. The molecule has 40 heavy (non-hydrogen) atoms. The molecule has 0 aliphatic carbocycles. The van der Waals surface area contributed by atoms with Gasteiger partial charge in [-0.05, 0) is 57.0 Å². The van der Waals surface area contributed by atoms with Gasteiger partial charge in [0.2, 0.25) is 5.78 Å². The summed E-state index contributed by atoms with van der Waals surface area (Å²) in [5.74, 6) is -0.639. The molecule has 4 aromatic rings. The van der Waals surface area contributed by atoms with E-state index < -0.39 is 23.5 Å². The highest BCUT2D eigenvalue weighted by Crippen LogP contribution is 2.45. The van der Waals surface area contributed by atoms with Crippen LogP contribution in [0.3, 0.4) is 0 Å². The normalized spacial score (nSPS) is 15.1. The molecule has 7 nitrogen and oxygen atoms in total. The van der Waals surface area contributed by atoms with Crippen LogP contribution in [-0.4, -0.2) is 35.5 Å². The van der Waals surface area contributed by atoms with Crippen molar-refractivity contribution in [2.75, 3.05) is 18.6 Å². The molecule has 0 saturated carbocycles. The molecule has 0 fully saturated rings. The van der Waals surface area contributed by atoms with Crippen LogP contribution in [0, 0.1) is 20.8 Å². The zero-order valence-corrected chi connectivity index (χ0v) is 23.8. The molecule has 0 radical (unpaired) electrons. The van der Waals surface area contributed by atoms with Gasteiger partial charge >= 0.3 is 0 Å². The molecule has 1 atom stereocenters. The predicted octanol–water partition coefficient (Wildman–Crippen LogP) is 6.93. The topological polar surface area (TPSA) is 89.0 Å². The number of rotatable bonds is 8. The highest BCUT2D eigenvalue weighted by Gasteiger charge is 2.46. The number of aromatic nitrogens is 1. The van der Waals surface area contributed by atoms with Gasteiger partial charge in [0.25, 0.3) is 5.91 Å². The number of carbonyl (C=O) groups excluding carboxylic acids is 2. The van der Waals surface area contributed by atoms with Crippen LogP contribution in [0.15, 0.2) is 78.1 Å². The van der Waals surface area contributed by atoms with Crippen LogP contribution >= 0.6 is 11.3 Å². The van der Waals surface area contributed by atoms with Crippen molar-refractivity contribution in [3.05, 3.63) is 105 Å².